The number of hydrogen-bond acceptors (Lipinski definition) is 5. The largest absolute Gasteiger partial charge is 0.497 e. The lowest BCUT2D eigenvalue weighted by molar-refractivity contribution is -0.134. The number of nitrogens with zero attached hydrogens (tertiary/aromatic N) is 3. The molecular weight excluding hydrogens is 382 g/mol. The van der Waals surface area contributed by atoms with Gasteiger partial charge in [0.05, 0.1) is 19.3 Å². The summed E-state index contributed by atoms with van der Waals surface area (Å²) < 4.78 is 5.32. The average molecular weight is 414 g/mol. The highest BCUT2D eigenvalue weighted by Gasteiger charge is 2.25. The van der Waals surface area contributed by atoms with Crippen molar-refractivity contribution in [3.8, 4) is 17.0 Å². The first-order valence-corrected chi connectivity index (χ1v) is 11.7. The van der Waals surface area contributed by atoms with Crippen LogP contribution in [0.4, 0.5) is 0 Å². The van der Waals surface area contributed by atoms with E-state index >= 15 is 0 Å². The molecule has 6 heteroatoms. The normalized spacial score (nSPS) is 18.7. The number of rotatable bonds is 6. The summed E-state index contributed by atoms with van der Waals surface area (Å²) in [6, 6.07) is 8.04. The quantitative estimate of drug-likeness (QED) is 0.703. The van der Waals surface area contributed by atoms with Crippen LogP contribution in [0.25, 0.3) is 11.3 Å². The first kappa shape index (κ1) is 20.4. The molecule has 1 aliphatic carbocycles. The molecule has 0 N–H and O–H groups in total. The van der Waals surface area contributed by atoms with E-state index in [0.717, 1.165) is 61.2 Å². The zero-order valence-corrected chi connectivity index (χ0v) is 18.1. The molecule has 1 aromatic heterocycles. The van der Waals surface area contributed by atoms with Gasteiger partial charge in [-0.1, -0.05) is 31.4 Å². The van der Waals surface area contributed by atoms with E-state index in [2.05, 4.69) is 21.2 Å². The number of hydrogen-bond donors (Lipinski definition) is 0. The number of benzene rings is 1. The van der Waals surface area contributed by atoms with Crippen LogP contribution in [-0.4, -0.2) is 54.0 Å². The number of amides is 1. The predicted octanol–water partition coefficient (Wildman–Crippen LogP) is 4.43. The van der Waals surface area contributed by atoms with Crippen molar-refractivity contribution in [3.05, 3.63) is 34.7 Å². The summed E-state index contributed by atoms with van der Waals surface area (Å²) in [4.78, 5) is 21.9. The predicted molar refractivity (Wildman–Crippen MR) is 117 cm³/mol. The topological polar surface area (TPSA) is 45.7 Å². The van der Waals surface area contributed by atoms with Crippen molar-refractivity contribution in [1.29, 1.82) is 0 Å². The first-order valence-electron chi connectivity index (χ1n) is 10.8. The molecule has 0 radical (unpaired) electrons. The summed E-state index contributed by atoms with van der Waals surface area (Å²) in [5.74, 6) is 1.84. The van der Waals surface area contributed by atoms with Crippen LogP contribution in [0, 0.1) is 5.92 Å². The highest BCUT2D eigenvalue weighted by atomic mass is 32.1. The van der Waals surface area contributed by atoms with Crippen molar-refractivity contribution in [2.45, 2.75) is 45.1 Å². The van der Waals surface area contributed by atoms with Crippen LogP contribution in [0.3, 0.4) is 0 Å². The molecule has 2 aromatic rings. The molecule has 1 saturated carbocycles. The molecule has 1 saturated heterocycles. The zero-order chi connectivity index (χ0) is 20.1. The summed E-state index contributed by atoms with van der Waals surface area (Å²) in [7, 11) is 1.69. The molecule has 1 amide bonds. The highest BCUT2D eigenvalue weighted by Crippen LogP contribution is 2.28. The Bertz CT molecular complexity index is 808. The Labute approximate surface area is 177 Å². The molecule has 0 atom stereocenters. The summed E-state index contributed by atoms with van der Waals surface area (Å²) >= 11 is 1.71. The van der Waals surface area contributed by atoms with E-state index in [1.54, 1.807) is 18.4 Å². The van der Waals surface area contributed by atoms with Gasteiger partial charge >= 0.3 is 0 Å². The Morgan fingerprint density at radius 2 is 1.97 bits per heavy atom. The van der Waals surface area contributed by atoms with E-state index in [9.17, 15) is 4.79 Å². The van der Waals surface area contributed by atoms with Gasteiger partial charge in [-0.3, -0.25) is 9.69 Å². The van der Waals surface area contributed by atoms with Crippen LogP contribution in [0.15, 0.2) is 29.6 Å². The molecule has 1 aromatic carbocycles. The Morgan fingerprint density at radius 3 is 2.72 bits per heavy atom. The van der Waals surface area contributed by atoms with Crippen LogP contribution in [0.5, 0.6) is 5.75 Å². The minimum absolute atomic E-state index is 0.367. The van der Waals surface area contributed by atoms with Crippen molar-refractivity contribution >= 4 is 17.2 Å². The van der Waals surface area contributed by atoms with Crippen LogP contribution >= 0.6 is 11.3 Å². The van der Waals surface area contributed by atoms with Gasteiger partial charge in [0, 0.05) is 43.5 Å². The lowest BCUT2D eigenvalue weighted by Crippen LogP contribution is -2.48. The Balaban J connectivity index is 1.26. The Kier molecular flexibility index (Phi) is 6.82. The van der Waals surface area contributed by atoms with E-state index in [0.29, 0.717) is 11.8 Å². The van der Waals surface area contributed by atoms with Crippen LogP contribution < -0.4 is 4.74 Å². The minimum atomic E-state index is 0.367. The number of ether oxygens (including phenoxy) is 1. The second-order valence-electron chi connectivity index (χ2n) is 8.22. The SMILES string of the molecule is COc1cccc(-c2csc(CN3CCN(C(=O)CC4CCCCC4)CC3)n2)c1. The smallest absolute Gasteiger partial charge is 0.222 e. The van der Waals surface area contributed by atoms with Gasteiger partial charge in [0.25, 0.3) is 0 Å². The van der Waals surface area contributed by atoms with E-state index in [4.69, 9.17) is 9.72 Å². The highest BCUT2D eigenvalue weighted by molar-refractivity contribution is 7.09. The van der Waals surface area contributed by atoms with Crippen LogP contribution in [0.1, 0.15) is 43.5 Å². The van der Waals surface area contributed by atoms with E-state index in [1.165, 1.54) is 32.1 Å². The van der Waals surface area contributed by atoms with Crippen LogP contribution in [-0.2, 0) is 11.3 Å². The second kappa shape index (κ2) is 9.72. The third-order valence-electron chi connectivity index (χ3n) is 6.19. The maximum Gasteiger partial charge on any atom is 0.222 e. The van der Waals surface area contributed by atoms with Gasteiger partial charge in [-0.2, -0.15) is 0 Å². The first-order chi connectivity index (χ1) is 14.2. The number of carbonyl (C=O) groups is 1. The molecule has 156 valence electrons. The van der Waals surface area contributed by atoms with Crippen LogP contribution in [0.2, 0.25) is 0 Å². The molecule has 2 heterocycles. The Hall–Kier alpha value is -1.92. The van der Waals surface area contributed by atoms with E-state index in [-0.39, 0.29) is 0 Å². The molecule has 4 rings (SSSR count). The number of thiazole rings is 1. The van der Waals surface area contributed by atoms with Gasteiger partial charge < -0.3 is 9.64 Å². The Morgan fingerprint density at radius 1 is 1.17 bits per heavy atom. The number of methoxy groups -OCH3 is 1. The summed E-state index contributed by atoms with van der Waals surface area (Å²) in [5, 5.41) is 3.25. The van der Waals surface area contributed by atoms with Crippen molar-refractivity contribution < 1.29 is 9.53 Å². The average Bonchev–Trinajstić information content (AvgIpc) is 3.23. The lowest BCUT2D eigenvalue weighted by atomic mass is 9.86. The van der Waals surface area contributed by atoms with Gasteiger partial charge in [-0.05, 0) is 30.9 Å². The van der Waals surface area contributed by atoms with E-state index < -0.39 is 0 Å². The monoisotopic (exact) mass is 413 g/mol. The van der Waals surface area contributed by atoms with Crippen molar-refractivity contribution in [2.75, 3.05) is 33.3 Å². The maximum absolute atomic E-state index is 12.6. The van der Waals surface area contributed by atoms with Gasteiger partial charge in [0.1, 0.15) is 10.8 Å². The third-order valence-corrected chi connectivity index (χ3v) is 7.02. The summed E-state index contributed by atoms with van der Waals surface area (Å²) in [6.07, 6.45) is 7.20. The molecular formula is C23H31N3O2S. The number of aromatic nitrogens is 1. The molecule has 0 bridgehead atoms. The van der Waals surface area contributed by atoms with E-state index in [1.807, 2.05) is 18.2 Å². The zero-order valence-electron chi connectivity index (χ0n) is 17.3. The molecule has 0 spiro atoms. The second-order valence-corrected chi connectivity index (χ2v) is 9.17. The fourth-order valence-electron chi connectivity index (χ4n) is 4.41. The molecule has 0 unspecified atom stereocenters. The minimum Gasteiger partial charge on any atom is -0.497 e. The van der Waals surface area contributed by atoms with Crippen molar-refractivity contribution in [1.82, 2.24) is 14.8 Å². The fourth-order valence-corrected chi connectivity index (χ4v) is 5.26. The molecule has 2 aliphatic rings. The maximum atomic E-state index is 12.6. The van der Waals surface area contributed by atoms with Gasteiger partial charge in [0.15, 0.2) is 0 Å². The lowest BCUT2D eigenvalue weighted by Gasteiger charge is -2.35. The summed E-state index contributed by atoms with van der Waals surface area (Å²) in [6.45, 7) is 4.42. The molecule has 5 nitrogen and oxygen atoms in total. The van der Waals surface area contributed by atoms with Gasteiger partial charge in [0.2, 0.25) is 5.91 Å². The molecule has 1 aliphatic heterocycles. The van der Waals surface area contributed by atoms with Gasteiger partial charge in [-0.15, -0.1) is 11.3 Å². The molecule has 29 heavy (non-hydrogen) atoms. The van der Waals surface area contributed by atoms with Crippen molar-refractivity contribution in [2.24, 2.45) is 5.92 Å². The number of piperazine rings is 1. The number of carbonyl (C=O) groups excluding carboxylic acids is 1. The standard InChI is InChI=1S/C23H31N3O2S/c1-28-20-9-5-8-19(15-20)21-17-29-22(24-21)16-25-10-12-26(13-11-25)23(27)14-18-6-3-2-4-7-18/h5,8-9,15,17-18H,2-4,6-7,10-14,16H2,1H3. The van der Waals surface area contributed by atoms with Gasteiger partial charge in [-0.25, -0.2) is 4.98 Å². The fraction of sp³-hybridized carbons (Fsp3) is 0.565. The summed E-state index contributed by atoms with van der Waals surface area (Å²) in [5.41, 5.74) is 2.09. The van der Waals surface area contributed by atoms with Crippen molar-refractivity contribution in [3.63, 3.8) is 0 Å². The third kappa shape index (κ3) is 5.37. The molecule has 2 fully saturated rings.